The lowest BCUT2D eigenvalue weighted by Crippen LogP contribution is -1.94. The van der Waals surface area contributed by atoms with Gasteiger partial charge in [-0.1, -0.05) is 23.4 Å². The molecule has 0 unspecified atom stereocenters. The summed E-state index contributed by atoms with van der Waals surface area (Å²) in [5.41, 5.74) is 5.23. The van der Waals surface area contributed by atoms with Crippen LogP contribution in [0.2, 0.25) is 5.02 Å². The second kappa shape index (κ2) is 5.07. The van der Waals surface area contributed by atoms with E-state index < -0.39 is 17.5 Å². The van der Waals surface area contributed by atoms with Crippen LogP contribution in [0.1, 0.15) is 0 Å². The standard InChI is InChI=1S/C11H6ClF3N2S/c12-5-1-9(15)11(17-4-5)18-10-7(13)2-6(16)3-8(10)14/h1-4H,16H2. The van der Waals surface area contributed by atoms with Crippen LogP contribution in [0.5, 0.6) is 0 Å². The molecule has 0 radical (unpaired) electrons. The molecule has 2 aromatic rings. The first-order valence-electron chi connectivity index (χ1n) is 4.71. The minimum Gasteiger partial charge on any atom is -0.399 e. The number of halogens is 4. The first-order chi connectivity index (χ1) is 8.47. The van der Waals surface area contributed by atoms with E-state index >= 15 is 0 Å². The molecule has 0 aliphatic carbocycles. The zero-order chi connectivity index (χ0) is 13.3. The van der Waals surface area contributed by atoms with Crippen LogP contribution in [0.25, 0.3) is 0 Å². The molecule has 1 aromatic carbocycles. The number of nitrogens with zero attached hydrogens (tertiary/aromatic N) is 1. The van der Waals surface area contributed by atoms with Gasteiger partial charge in [0.05, 0.1) is 9.92 Å². The first-order valence-corrected chi connectivity index (χ1v) is 5.90. The second-order valence-electron chi connectivity index (χ2n) is 3.36. The van der Waals surface area contributed by atoms with Crippen molar-refractivity contribution >= 4 is 29.1 Å². The Morgan fingerprint density at radius 1 is 1.06 bits per heavy atom. The number of hydrogen-bond donors (Lipinski definition) is 1. The number of pyridine rings is 1. The van der Waals surface area contributed by atoms with Gasteiger partial charge in [0.1, 0.15) is 16.7 Å². The zero-order valence-electron chi connectivity index (χ0n) is 8.75. The van der Waals surface area contributed by atoms with Crippen molar-refractivity contribution in [3.63, 3.8) is 0 Å². The van der Waals surface area contributed by atoms with Crippen molar-refractivity contribution in [1.29, 1.82) is 0 Å². The molecule has 0 saturated heterocycles. The number of anilines is 1. The predicted octanol–water partition coefficient (Wildman–Crippen LogP) is 3.89. The van der Waals surface area contributed by atoms with Crippen molar-refractivity contribution in [2.24, 2.45) is 0 Å². The van der Waals surface area contributed by atoms with Gasteiger partial charge in [-0.05, 0) is 18.2 Å². The van der Waals surface area contributed by atoms with Gasteiger partial charge in [-0.25, -0.2) is 18.2 Å². The number of hydrogen-bond acceptors (Lipinski definition) is 3. The van der Waals surface area contributed by atoms with Crippen LogP contribution in [0, 0.1) is 17.5 Å². The number of benzene rings is 1. The normalized spacial score (nSPS) is 10.7. The van der Waals surface area contributed by atoms with E-state index in [1.807, 2.05) is 0 Å². The fraction of sp³-hybridized carbons (Fsp3) is 0. The monoisotopic (exact) mass is 290 g/mol. The van der Waals surface area contributed by atoms with Gasteiger partial charge < -0.3 is 5.73 Å². The van der Waals surface area contributed by atoms with Crippen LogP contribution in [-0.2, 0) is 0 Å². The summed E-state index contributed by atoms with van der Waals surface area (Å²) in [7, 11) is 0. The van der Waals surface area contributed by atoms with Crippen LogP contribution in [-0.4, -0.2) is 4.98 Å². The summed E-state index contributed by atoms with van der Waals surface area (Å²) >= 11 is 6.06. The Kier molecular flexibility index (Phi) is 3.68. The summed E-state index contributed by atoms with van der Waals surface area (Å²) in [6.45, 7) is 0. The van der Waals surface area contributed by atoms with E-state index in [2.05, 4.69) is 4.98 Å². The van der Waals surface area contributed by atoms with Gasteiger partial charge in [-0.3, -0.25) is 0 Å². The number of nitrogens with two attached hydrogens (primary N) is 1. The van der Waals surface area contributed by atoms with Gasteiger partial charge in [0.15, 0.2) is 5.82 Å². The second-order valence-corrected chi connectivity index (χ2v) is 4.79. The molecule has 0 bridgehead atoms. The Morgan fingerprint density at radius 2 is 1.67 bits per heavy atom. The van der Waals surface area contributed by atoms with Crippen LogP contribution < -0.4 is 5.73 Å². The van der Waals surface area contributed by atoms with E-state index in [0.717, 1.165) is 18.2 Å². The lowest BCUT2D eigenvalue weighted by atomic mass is 10.3. The average molecular weight is 291 g/mol. The molecular formula is C11H6ClF3N2S. The molecule has 7 heteroatoms. The molecule has 0 spiro atoms. The smallest absolute Gasteiger partial charge is 0.157 e. The Hall–Kier alpha value is -1.40. The molecule has 2 rings (SSSR count). The fourth-order valence-corrected chi connectivity index (χ4v) is 2.16. The minimum atomic E-state index is -0.867. The van der Waals surface area contributed by atoms with E-state index in [0.29, 0.717) is 11.8 Å². The van der Waals surface area contributed by atoms with Gasteiger partial charge in [0.2, 0.25) is 0 Å². The molecule has 2 nitrogen and oxygen atoms in total. The molecule has 0 atom stereocenters. The third-order valence-electron chi connectivity index (χ3n) is 1.99. The van der Waals surface area contributed by atoms with Crippen LogP contribution in [0.3, 0.4) is 0 Å². The molecule has 1 aromatic heterocycles. The van der Waals surface area contributed by atoms with Crippen molar-refractivity contribution in [3.8, 4) is 0 Å². The molecule has 0 amide bonds. The largest absolute Gasteiger partial charge is 0.399 e. The van der Waals surface area contributed by atoms with Crippen molar-refractivity contribution in [1.82, 2.24) is 4.98 Å². The van der Waals surface area contributed by atoms with Crippen molar-refractivity contribution in [3.05, 3.63) is 46.9 Å². The highest BCUT2D eigenvalue weighted by atomic mass is 35.5. The molecule has 94 valence electrons. The van der Waals surface area contributed by atoms with Crippen molar-refractivity contribution in [2.75, 3.05) is 5.73 Å². The Morgan fingerprint density at radius 3 is 2.22 bits per heavy atom. The van der Waals surface area contributed by atoms with Crippen LogP contribution >= 0.6 is 23.4 Å². The molecule has 0 fully saturated rings. The summed E-state index contributed by atoms with van der Waals surface area (Å²) in [5.74, 6) is -2.48. The van der Waals surface area contributed by atoms with E-state index in [-0.39, 0.29) is 20.6 Å². The summed E-state index contributed by atoms with van der Waals surface area (Å²) in [6.07, 6.45) is 1.19. The maximum atomic E-state index is 13.5. The van der Waals surface area contributed by atoms with E-state index in [1.54, 1.807) is 0 Å². The van der Waals surface area contributed by atoms with Crippen molar-refractivity contribution in [2.45, 2.75) is 9.92 Å². The Balaban J connectivity index is 2.40. The van der Waals surface area contributed by atoms with Gasteiger partial charge >= 0.3 is 0 Å². The highest BCUT2D eigenvalue weighted by Gasteiger charge is 2.15. The molecule has 0 saturated carbocycles. The Bertz CT molecular complexity index is 584. The summed E-state index contributed by atoms with van der Waals surface area (Å²) in [5, 5.41) is -0.0583. The maximum Gasteiger partial charge on any atom is 0.157 e. The third-order valence-corrected chi connectivity index (χ3v) is 3.29. The van der Waals surface area contributed by atoms with Crippen molar-refractivity contribution < 1.29 is 13.2 Å². The summed E-state index contributed by atoms with van der Waals surface area (Å²) < 4.78 is 40.4. The topological polar surface area (TPSA) is 38.9 Å². The van der Waals surface area contributed by atoms with E-state index in [9.17, 15) is 13.2 Å². The maximum absolute atomic E-state index is 13.5. The quantitative estimate of drug-likeness (QED) is 0.853. The molecule has 2 N–H and O–H groups in total. The average Bonchev–Trinajstić information content (AvgIpc) is 2.25. The van der Waals surface area contributed by atoms with Gasteiger partial charge in [0, 0.05) is 11.9 Å². The lowest BCUT2D eigenvalue weighted by molar-refractivity contribution is 0.540. The van der Waals surface area contributed by atoms with Gasteiger partial charge in [0.25, 0.3) is 0 Å². The highest BCUT2D eigenvalue weighted by molar-refractivity contribution is 7.99. The molecular weight excluding hydrogens is 285 g/mol. The van der Waals surface area contributed by atoms with Gasteiger partial charge in [-0.2, -0.15) is 0 Å². The number of rotatable bonds is 2. The number of nitrogen functional groups attached to an aromatic ring is 1. The minimum absolute atomic E-state index is 0.0427. The Labute approximate surface area is 110 Å². The zero-order valence-corrected chi connectivity index (χ0v) is 10.3. The van der Waals surface area contributed by atoms with E-state index in [1.165, 1.54) is 6.20 Å². The molecule has 1 heterocycles. The summed E-state index contributed by atoms with van der Waals surface area (Å²) in [6, 6.07) is 2.93. The van der Waals surface area contributed by atoms with E-state index in [4.69, 9.17) is 17.3 Å². The highest BCUT2D eigenvalue weighted by Crippen LogP contribution is 2.33. The molecule has 0 aliphatic rings. The predicted molar refractivity (Wildman–Crippen MR) is 64.1 cm³/mol. The molecule has 18 heavy (non-hydrogen) atoms. The van der Waals surface area contributed by atoms with Crippen LogP contribution in [0.15, 0.2) is 34.3 Å². The lowest BCUT2D eigenvalue weighted by Gasteiger charge is -2.06. The van der Waals surface area contributed by atoms with Crippen LogP contribution in [0.4, 0.5) is 18.9 Å². The SMILES string of the molecule is Nc1cc(F)c(Sc2ncc(Cl)cc2F)c(F)c1. The van der Waals surface area contributed by atoms with Gasteiger partial charge in [-0.15, -0.1) is 0 Å². The summed E-state index contributed by atoms with van der Waals surface area (Å²) in [4.78, 5) is 3.31. The first kappa shape index (κ1) is 13.0. The molecule has 0 aliphatic heterocycles. The fourth-order valence-electron chi connectivity index (χ4n) is 1.25. The third kappa shape index (κ3) is 2.70. The number of aromatic nitrogens is 1.